The van der Waals surface area contributed by atoms with Crippen molar-refractivity contribution in [2.75, 3.05) is 19.7 Å². The third kappa shape index (κ3) is 2.23. The van der Waals surface area contributed by atoms with Gasteiger partial charge in [0.2, 0.25) is 0 Å². The first kappa shape index (κ1) is 9.47. The second-order valence-electron chi connectivity index (χ2n) is 4.60. The number of aliphatic hydroxyl groups excluding tert-OH is 1. The molecule has 0 amide bonds. The highest BCUT2D eigenvalue weighted by Gasteiger charge is 2.28. The fourth-order valence-electron chi connectivity index (χ4n) is 2.31. The Morgan fingerprint density at radius 3 is 2.15 bits per heavy atom. The Bertz CT molecular complexity index is 152. The van der Waals surface area contributed by atoms with Crippen LogP contribution < -0.4 is 0 Å². The van der Waals surface area contributed by atoms with E-state index >= 15 is 0 Å². The van der Waals surface area contributed by atoms with Crippen LogP contribution in [0.25, 0.3) is 0 Å². The third-order valence-electron chi connectivity index (χ3n) is 3.70. The van der Waals surface area contributed by atoms with Crippen LogP contribution in [0, 0.1) is 5.92 Å². The van der Waals surface area contributed by atoms with Crippen molar-refractivity contribution in [1.82, 2.24) is 4.90 Å². The smallest absolute Gasteiger partial charge is 0.0558 e. The molecular formula is C11H21NO. The molecule has 1 N–H and O–H groups in total. The number of nitrogens with zero attached hydrogens (tertiary/aromatic N) is 1. The summed E-state index contributed by atoms with van der Waals surface area (Å²) in [7, 11) is 0. The maximum atomic E-state index is 8.97. The van der Waals surface area contributed by atoms with Crippen LogP contribution in [-0.4, -0.2) is 35.7 Å². The lowest BCUT2D eigenvalue weighted by Gasteiger charge is -2.41. The summed E-state index contributed by atoms with van der Waals surface area (Å²) in [5.41, 5.74) is 0. The van der Waals surface area contributed by atoms with Crippen LogP contribution in [0.15, 0.2) is 0 Å². The lowest BCUT2D eigenvalue weighted by Crippen LogP contribution is -2.45. The van der Waals surface area contributed by atoms with Gasteiger partial charge in [-0.15, -0.1) is 0 Å². The highest BCUT2D eigenvalue weighted by molar-refractivity contribution is 4.83. The van der Waals surface area contributed by atoms with Crippen molar-refractivity contribution >= 4 is 0 Å². The van der Waals surface area contributed by atoms with Crippen molar-refractivity contribution in [2.24, 2.45) is 5.92 Å². The van der Waals surface area contributed by atoms with Crippen LogP contribution in [0.3, 0.4) is 0 Å². The van der Waals surface area contributed by atoms with E-state index in [1.165, 1.54) is 45.1 Å². The molecule has 0 aromatic rings. The molecule has 2 heteroatoms. The van der Waals surface area contributed by atoms with Gasteiger partial charge in [-0.05, 0) is 31.6 Å². The van der Waals surface area contributed by atoms with E-state index in [1.54, 1.807) is 0 Å². The Kier molecular flexibility index (Phi) is 3.23. The molecule has 2 fully saturated rings. The average molecular weight is 183 g/mol. The van der Waals surface area contributed by atoms with E-state index in [-0.39, 0.29) is 0 Å². The van der Waals surface area contributed by atoms with Crippen molar-refractivity contribution in [2.45, 2.75) is 44.6 Å². The molecule has 0 aliphatic heterocycles. The SMILES string of the molecule is OCCN(CC1CCC1)C1CCC1. The molecule has 0 spiro atoms. The van der Waals surface area contributed by atoms with Gasteiger partial charge in [0.15, 0.2) is 0 Å². The fourth-order valence-corrected chi connectivity index (χ4v) is 2.31. The molecule has 0 aromatic heterocycles. The Balaban J connectivity index is 1.73. The van der Waals surface area contributed by atoms with Crippen LogP contribution in [0.2, 0.25) is 0 Å². The summed E-state index contributed by atoms with van der Waals surface area (Å²) in [6.07, 6.45) is 8.42. The van der Waals surface area contributed by atoms with E-state index in [9.17, 15) is 0 Å². The minimum atomic E-state index is 0.337. The van der Waals surface area contributed by atoms with Gasteiger partial charge in [0.25, 0.3) is 0 Å². The summed E-state index contributed by atoms with van der Waals surface area (Å²) in [5.74, 6) is 0.951. The maximum Gasteiger partial charge on any atom is 0.0558 e. The van der Waals surface area contributed by atoms with Gasteiger partial charge in [-0.1, -0.05) is 12.8 Å². The molecule has 13 heavy (non-hydrogen) atoms. The molecule has 0 bridgehead atoms. The van der Waals surface area contributed by atoms with Gasteiger partial charge in [-0.3, -0.25) is 4.90 Å². The maximum absolute atomic E-state index is 8.97. The first-order valence-electron chi connectivity index (χ1n) is 5.75. The van der Waals surface area contributed by atoms with Gasteiger partial charge < -0.3 is 5.11 Å². The van der Waals surface area contributed by atoms with Crippen LogP contribution >= 0.6 is 0 Å². The standard InChI is InChI=1S/C11H21NO/c13-8-7-12(11-5-2-6-11)9-10-3-1-4-10/h10-11,13H,1-9H2. The lowest BCUT2D eigenvalue weighted by molar-refractivity contribution is 0.0690. The normalized spacial score (nSPS) is 24.5. The zero-order valence-corrected chi connectivity index (χ0v) is 8.41. The summed E-state index contributed by atoms with van der Waals surface area (Å²) < 4.78 is 0. The Hall–Kier alpha value is -0.0800. The molecule has 0 atom stereocenters. The van der Waals surface area contributed by atoms with Gasteiger partial charge in [0, 0.05) is 19.1 Å². The van der Waals surface area contributed by atoms with Crippen LogP contribution in [0.1, 0.15) is 38.5 Å². The van der Waals surface area contributed by atoms with Crippen molar-refractivity contribution in [3.8, 4) is 0 Å². The second-order valence-corrected chi connectivity index (χ2v) is 4.60. The summed E-state index contributed by atoms with van der Waals surface area (Å²) in [5, 5.41) is 8.97. The summed E-state index contributed by atoms with van der Waals surface area (Å²) >= 11 is 0. The van der Waals surface area contributed by atoms with E-state index in [0.717, 1.165) is 18.5 Å². The number of aliphatic hydroxyl groups is 1. The van der Waals surface area contributed by atoms with E-state index in [2.05, 4.69) is 4.90 Å². The molecule has 2 aliphatic carbocycles. The zero-order valence-electron chi connectivity index (χ0n) is 8.41. The number of rotatable bonds is 5. The molecule has 0 saturated heterocycles. The molecule has 0 radical (unpaired) electrons. The molecule has 0 aromatic carbocycles. The van der Waals surface area contributed by atoms with Crippen molar-refractivity contribution < 1.29 is 5.11 Å². The van der Waals surface area contributed by atoms with E-state index in [0.29, 0.717) is 6.61 Å². The quantitative estimate of drug-likeness (QED) is 0.700. The topological polar surface area (TPSA) is 23.5 Å². The van der Waals surface area contributed by atoms with Gasteiger partial charge in [-0.2, -0.15) is 0 Å². The van der Waals surface area contributed by atoms with E-state index in [1.807, 2.05) is 0 Å². The Labute approximate surface area is 80.9 Å². The van der Waals surface area contributed by atoms with E-state index in [4.69, 9.17) is 5.11 Å². The molecule has 0 unspecified atom stereocenters. The number of hydrogen-bond acceptors (Lipinski definition) is 2. The number of hydrogen-bond donors (Lipinski definition) is 1. The van der Waals surface area contributed by atoms with E-state index < -0.39 is 0 Å². The van der Waals surface area contributed by atoms with Crippen molar-refractivity contribution in [3.05, 3.63) is 0 Å². The van der Waals surface area contributed by atoms with Gasteiger partial charge in [0.05, 0.1) is 6.61 Å². The summed E-state index contributed by atoms with van der Waals surface area (Å²) in [6.45, 7) is 2.50. The highest BCUT2D eigenvalue weighted by Crippen LogP contribution is 2.31. The largest absolute Gasteiger partial charge is 0.395 e. The molecule has 2 nitrogen and oxygen atoms in total. The minimum Gasteiger partial charge on any atom is -0.395 e. The molecule has 2 aliphatic rings. The Morgan fingerprint density at radius 2 is 1.77 bits per heavy atom. The highest BCUT2D eigenvalue weighted by atomic mass is 16.3. The fraction of sp³-hybridized carbons (Fsp3) is 1.00. The minimum absolute atomic E-state index is 0.337. The molecule has 76 valence electrons. The molecular weight excluding hydrogens is 162 g/mol. The average Bonchev–Trinajstić information content (AvgIpc) is 1.93. The first-order chi connectivity index (χ1) is 6.40. The summed E-state index contributed by atoms with van der Waals surface area (Å²) in [4.78, 5) is 2.52. The predicted molar refractivity (Wildman–Crippen MR) is 53.6 cm³/mol. The predicted octanol–water partition coefficient (Wildman–Crippen LogP) is 1.63. The summed E-state index contributed by atoms with van der Waals surface area (Å²) in [6, 6.07) is 0.813. The second kappa shape index (κ2) is 4.43. The molecule has 0 heterocycles. The van der Waals surface area contributed by atoms with Gasteiger partial charge >= 0.3 is 0 Å². The molecule has 2 rings (SSSR count). The van der Waals surface area contributed by atoms with Crippen LogP contribution in [0.4, 0.5) is 0 Å². The van der Waals surface area contributed by atoms with Gasteiger partial charge in [0.1, 0.15) is 0 Å². The van der Waals surface area contributed by atoms with Crippen molar-refractivity contribution in [3.63, 3.8) is 0 Å². The first-order valence-corrected chi connectivity index (χ1v) is 5.75. The Morgan fingerprint density at radius 1 is 1.08 bits per heavy atom. The lowest BCUT2D eigenvalue weighted by atomic mass is 9.83. The van der Waals surface area contributed by atoms with Crippen LogP contribution in [0.5, 0.6) is 0 Å². The third-order valence-corrected chi connectivity index (χ3v) is 3.70. The van der Waals surface area contributed by atoms with Gasteiger partial charge in [-0.25, -0.2) is 0 Å². The molecule has 2 saturated carbocycles. The monoisotopic (exact) mass is 183 g/mol. The van der Waals surface area contributed by atoms with Crippen LogP contribution in [-0.2, 0) is 0 Å². The van der Waals surface area contributed by atoms with Crippen molar-refractivity contribution in [1.29, 1.82) is 0 Å². The zero-order chi connectivity index (χ0) is 9.10.